The molecule has 0 aromatic heterocycles. The number of fused-ring (bicyclic) bond motifs is 5. The molecule has 192 valence electrons. The van der Waals surface area contributed by atoms with E-state index in [4.69, 9.17) is 4.55 Å². The van der Waals surface area contributed by atoms with Crippen molar-refractivity contribution in [2.75, 3.05) is 6.61 Å². The highest BCUT2D eigenvalue weighted by Crippen LogP contribution is 2.69. The van der Waals surface area contributed by atoms with Gasteiger partial charge >= 0.3 is 10.4 Å². The van der Waals surface area contributed by atoms with Gasteiger partial charge in [0, 0.05) is 0 Å². The van der Waals surface area contributed by atoms with Crippen molar-refractivity contribution in [1.29, 1.82) is 0 Å². The van der Waals surface area contributed by atoms with Crippen LogP contribution in [0.5, 0.6) is 0 Å². The Labute approximate surface area is 199 Å². The van der Waals surface area contributed by atoms with Gasteiger partial charge in [0.2, 0.25) is 0 Å². The highest BCUT2D eigenvalue weighted by molar-refractivity contribution is 7.80. The topological polar surface area (TPSA) is 124 Å². The molecule has 4 unspecified atom stereocenters. The summed E-state index contributed by atoms with van der Waals surface area (Å²) in [5, 5.41) is 33.8. The summed E-state index contributed by atoms with van der Waals surface area (Å²) in [6, 6.07) is 0. The zero-order chi connectivity index (χ0) is 24.3. The summed E-state index contributed by atoms with van der Waals surface area (Å²) in [5.74, 6) is 1.26. The molecule has 0 saturated heterocycles. The lowest BCUT2D eigenvalue weighted by molar-refractivity contribution is -0.235. The maximum absolute atomic E-state index is 11.7. The Hall–Kier alpha value is -0.250. The lowest BCUT2D eigenvalue weighted by Gasteiger charge is -2.66. The second kappa shape index (κ2) is 9.00. The molecular weight excluding hydrogens is 444 g/mol. The third-order valence-electron chi connectivity index (χ3n) is 10.9. The van der Waals surface area contributed by atoms with Crippen molar-refractivity contribution in [1.82, 2.24) is 0 Å². The fourth-order valence-electron chi connectivity index (χ4n) is 9.59. The SMILES string of the molecule is CC[C@H]1C(O)C2C3CC[C@H]([C@H](C)CCOS(=O)(=O)O)[C@@]3(C)C[C@H](O)C2[C@@]2(C)CC[C@@H](O)C[C@@H]12. The molecule has 4 rings (SSSR count). The lowest BCUT2D eigenvalue weighted by atomic mass is 9.40. The fourth-order valence-corrected chi connectivity index (χ4v) is 9.89. The van der Waals surface area contributed by atoms with Crippen molar-refractivity contribution in [2.45, 2.75) is 97.4 Å². The largest absolute Gasteiger partial charge is 0.397 e. The Morgan fingerprint density at radius 3 is 2.39 bits per heavy atom. The smallest absolute Gasteiger partial charge is 0.393 e. The van der Waals surface area contributed by atoms with E-state index >= 15 is 0 Å². The molecule has 8 heteroatoms. The van der Waals surface area contributed by atoms with Gasteiger partial charge in [-0.1, -0.05) is 34.1 Å². The fraction of sp³-hybridized carbons (Fsp3) is 1.00. The van der Waals surface area contributed by atoms with Crippen LogP contribution in [0.4, 0.5) is 0 Å². The number of hydrogen-bond acceptors (Lipinski definition) is 6. The van der Waals surface area contributed by atoms with Crippen LogP contribution in [-0.4, -0.2) is 53.2 Å². The average molecular weight is 489 g/mol. The summed E-state index contributed by atoms with van der Waals surface area (Å²) >= 11 is 0. The van der Waals surface area contributed by atoms with E-state index in [-0.39, 0.29) is 53.1 Å². The molecule has 0 amide bonds. The first-order valence-corrected chi connectivity index (χ1v) is 14.4. The number of aliphatic hydroxyl groups excluding tert-OH is 3. The minimum absolute atomic E-state index is 0.0443. The molecule has 33 heavy (non-hydrogen) atoms. The summed E-state index contributed by atoms with van der Waals surface area (Å²) in [6.07, 6.45) is 5.21. The van der Waals surface area contributed by atoms with Crippen LogP contribution >= 0.6 is 0 Å². The van der Waals surface area contributed by atoms with Crippen molar-refractivity contribution in [3.05, 3.63) is 0 Å². The van der Waals surface area contributed by atoms with Crippen LogP contribution in [0.15, 0.2) is 0 Å². The molecule has 0 aromatic carbocycles. The van der Waals surface area contributed by atoms with E-state index in [1.807, 2.05) is 0 Å². The first-order chi connectivity index (χ1) is 15.3. The third kappa shape index (κ3) is 4.31. The lowest BCUT2D eigenvalue weighted by Crippen LogP contribution is -2.65. The maximum Gasteiger partial charge on any atom is 0.397 e. The van der Waals surface area contributed by atoms with E-state index in [1.165, 1.54) is 0 Å². The van der Waals surface area contributed by atoms with Crippen LogP contribution in [0, 0.1) is 52.3 Å². The molecule has 4 aliphatic rings. The van der Waals surface area contributed by atoms with Crippen LogP contribution in [0.1, 0.15) is 79.1 Å². The molecule has 4 N–H and O–H groups in total. The Kier molecular flexibility index (Phi) is 7.05. The Balaban J connectivity index is 1.61. The molecule has 12 atom stereocenters. The van der Waals surface area contributed by atoms with Gasteiger partial charge in [-0.3, -0.25) is 4.55 Å². The summed E-state index contributed by atoms with van der Waals surface area (Å²) in [4.78, 5) is 0. The first kappa shape index (κ1) is 25.8. The zero-order valence-electron chi connectivity index (χ0n) is 20.6. The molecule has 0 bridgehead atoms. The molecule has 4 saturated carbocycles. The minimum atomic E-state index is -4.44. The van der Waals surface area contributed by atoms with Crippen LogP contribution in [0.3, 0.4) is 0 Å². The van der Waals surface area contributed by atoms with Crippen molar-refractivity contribution in [3.63, 3.8) is 0 Å². The number of aliphatic hydroxyl groups is 3. The van der Waals surface area contributed by atoms with E-state index in [2.05, 4.69) is 31.9 Å². The van der Waals surface area contributed by atoms with Gasteiger partial charge in [0.15, 0.2) is 0 Å². The van der Waals surface area contributed by atoms with E-state index in [9.17, 15) is 23.7 Å². The standard InChI is InChI=1S/C25H44O7S/c1-5-16-19-12-15(26)8-10-24(19,3)22-20(27)13-25(4)17(6-7-18(25)21(22)23(16)28)14(2)9-11-32-33(29,30)31/h14-23,26-28H,5-13H2,1-4H3,(H,29,30,31)/t14-,15-,16-,17-,18?,19+,20+,21?,22?,23?,24+,25-/m1/s1. The van der Waals surface area contributed by atoms with E-state index in [1.54, 1.807) is 0 Å². The molecule has 4 fully saturated rings. The van der Waals surface area contributed by atoms with Gasteiger partial charge < -0.3 is 15.3 Å². The highest BCUT2D eigenvalue weighted by Gasteiger charge is 2.67. The van der Waals surface area contributed by atoms with E-state index < -0.39 is 22.6 Å². The van der Waals surface area contributed by atoms with Crippen LogP contribution in [-0.2, 0) is 14.6 Å². The van der Waals surface area contributed by atoms with Gasteiger partial charge in [-0.2, -0.15) is 8.42 Å². The molecule has 0 aromatic rings. The Morgan fingerprint density at radius 2 is 1.76 bits per heavy atom. The van der Waals surface area contributed by atoms with Gasteiger partial charge in [0.05, 0.1) is 24.9 Å². The van der Waals surface area contributed by atoms with Gasteiger partial charge in [0.25, 0.3) is 0 Å². The monoisotopic (exact) mass is 488 g/mol. The van der Waals surface area contributed by atoms with Crippen molar-refractivity contribution < 1.29 is 32.5 Å². The zero-order valence-corrected chi connectivity index (χ0v) is 21.4. The predicted molar refractivity (Wildman–Crippen MR) is 124 cm³/mol. The third-order valence-corrected chi connectivity index (χ3v) is 11.4. The molecule has 0 spiro atoms. The molecule has 0 aliphatic heterocycles. The van der Waals surface area contributed by atoms with Crippen LogP contribution in [0.2, 0.25) is 0 Å². The van der Waals surface area contributed by atoms with Crippen LogP contribution < -0.4 is 0 Å². The van der Waals surface area contributed by atoms with E-state index in [0.29, 0.717) is 24.7 Å². The number of hydrogen-bond donors (Lipinski definition) is 4. The van der Waals surface area contributed by atoms with Crippen molar-refractivity contribution in [3.8, 4) is 0 Å². The summed E-state index contributed by atoms with van der Waals surface area (Å²) in [6.45, 7) is 8.78. The number of rotatable bonds is 6. The average Bonchev–Trinajstić information content (AvgIpc) is 3.04. The molecular formula is C25H44O7S. The highest BCUT2D eigenvalue weighted by atomic mass is 32.3. The first-order valence-electron chi connectivity index (χ1n) is 13.0. The molecule has 4 aliphatic carbocycles. The Bertz CT molecular complexity index is 818. The normalized spacial score (nSPS) is 50.8. The summed E-state index contributed by atoms with van der Waals surface area (Å²) in [5.41, 5.74) is -0.202. The quantitative estimate of drug-likeness (QED) is 0.422. The van der Waals surface area contributed by atoms with Gasteiger partial charge in [0.1, 0.15) is 0 Å². The summed E-state index contributed by atoms with van der Waals surface area (Å²) < 4.78 is 35.4. The van der Waals surface area contributed by atoms with E-state index in [0.717, 1.165) is 38.5 Å². The van der Waals surface area contributed by atoms with Gasteiger partial charge in [-0.15, -0.1) is 0 Å². The summed E-state index contributed by atoms with van der Waals surface area (Å²) in [7, 11) is -4.44. The molecule has 7 nitrogen and oxygen atoms in total. The van der Waals surface area contributed by atoms with Crippen molar-refractivity contribution >= 4 is 10.4 Å². The predicted octanol–water partition coefficient (Wildman–Crippen LogP) is 3.43. The second-order valence-corrected chi connectivity index (χ2v) is 13.4. The minimum Gasteiger partial charge on any atom is -0.393 e. The molecule has 0 radical (unpaired) electrons. The van der Waals surface area contributed by atoms with Crippen LogP contribution in [0.25, 0.3) is 0 Å². The van der Waals surface area contributed by atoms with Crippen molar-refractivity contribution in [2.24, 2.45) is 52.3 Å². The second-order valence-electron chi connectivity index (χ2n) is 12.3. The van der Waals surface area contributed by atoms with Gasteiger partial charge in [-0.05, 0) is 97.2 Å². The maximum atomic E-state index is 11.7. The Morgan fingerprint density at radius 1 is 1.06 bits per heavy atom. The molecule has 0 heterocycles. The van der Waals surface area contributed by atoms with Gasteiger partial charge in [-0.25, -0.2) is 4.18 Å².